The zero-order chi connectivity index (χ0) is 84.5. The topological polar surface area (TPSA) is 621 Å². The van der Waals surface area contributed by atoms with Crippen molar-refractivity contribution in [3.05, 3.63) is 0 Å². The lowest BCUT2D eigenvalue weighted by molar-refractivity contribution is -0.396. The van der Waals surface area contributed by atoms with Crippen molar-refractivity contribution < 1.29 is 197 Å². The van der Waals surface area contributed by atoms with Crippen LogP contribution in [0.15, 0.2) is 0 Å². The van der Waals surface area contributed by atoms with E-state index in [9.17, 15) is 121 Å². The summed E-state index contributed by atoms with van der Waals surface area (Å²) in [5.74, 6) is -4.45. The predicted molar refractivity (Wildman–Crippen MR) is 415 cm³/mol. The van der Waals surface area contributed by atoms with Gasteiger partial charge in [0.25, 0.3) is 0 Å². The molecule has 0 radical (unpaired) electrons. The van der Waals surface area contributed by atoms with Crippen LogP contribution in [-0.4, -0.2) is 464 Å². The zero-order valence-electron chi connectivity index (χ0n) is 63.6. The molecule has 0 aromatic carbocycles. The van der Waals surface area contributed by atoms with Gasteiger partial charge < -0.3 is 178 Å². The van der Waals surface area contributed by atoms with Crippen LogP contribution < -0.4 is 0 Å². The Bertz CT molecular complexity index is 2920. The fourth-order valence-corrected chi connectivity index (χ4v) is 21.1. The molecule has 0 amide bonds. The van der Waals surface area contributed by atoms with Gasteiger partial charge in [-0.05, 0) is 23.0 Å². The van der Waals surface area contributed by atoms with Gasteiger partial charge in [-0.2, -0.15) is 94.1 Å². The van der Waals surface area contributed by atoms with E-state index in [-0.39, 0.29) is 81.9 Å². The lowest BCUT2D eigenvalue weighted by Crippen LogP contribution is -2.69. The van der Waals surface area contributed by atoms with E-state index in [2.05, 4.69) is 0 Å². The Hall–Kier alpha value is -0.600. The van der Waals surface area contributed by atoms with Crippen molar-refractivity contribution in [1.82, 2.24) is 0 Å². The molecule has 30 heterocycles. The molecule has 20 N–H and O–H groups in total. The number of aliphatic hydroxyl groups excluding tert-OH is 16. The molecule has 0 spiro atoms. The molecule has 116 heavy (non-hydrogen) atoms. The average Bonchev–Trinajstić information content (AvgIpc) is 0.771. The van der Waals surface area contributed by atoms with Gasteiger partial charge in [-0.1, -0.05) is 27.7 Å². The molecule has 48 heteroatoms. The molecular weight excluding hydrogens is 1710 g/mol. The number of aliphatic carboxylic acids is 4. The number of thioether (sulfide) groups is 8. The summed E-state index contributed by atoms with van der Waals surface area (Å²) in [5.41, 5.74) is 0. The summed E-state index contributed by atoms with van der Waals surface area (Å²) >= 11 is 8.96. The molecule has 30 aliphatic heterocycles. The third-order valence-corrected chi connectivity index (χ3v) is 28.5. The van der Waals surface area contributed by atoms with Gasteiger partial charge in [-0.3, -0.25) is 19.2 Å². The van der Waals surface area contributed by atoms with Crippen LogP contribution in [0.3, 0.4) is 0 Å². The number of aliphatic hydroxyl groups is 16. The standard InChI is InChI=1S/C68H112O40S8/c1-5-109-17-25-53-38(78)46(86)62(94-25)103-55-27(19-111-7-3)96-64(48(88)40(55)80)105-57-29(21-113-13-9-33(69)70)98-66(50(90)42(57)82)107-59-31(23-115-15-11-35(73)74)100-68(52(92)44(59)84)108-60-32(24-116-16-12-36(75)76)99-67(51(91)43(60)83)106-58-30(22-114-14-10-34(71)72)97-65(49(89)41(58)81)104-56-28(20-112-8-4)95-63(47(87)39(56)79)102-54-26(18-110-6-2)93-61(101-53)45(85)37(54)77/h25-32,37-68,77-92H,5-24H2,1-4H3,(H,69,70)(H,71,72)(H,73,74)(H,75,76)/t25-,26-,27-,28-,29-,30-,31-,32-,37-,38-,39-,40-,41-,42-,43-,44-,45?,46?,47?,48?,49?,50?,51?,52?,53?,54?,55?,56?,57?,58?,59?,60?,61?,62?,63?,64?,65?,66?,67?,68?/m1/s1. The summed E-state index contributed by atoms with van der Waals surface area (Å²) in [7, 11) is 0. The molecular formula is C68H112O40S8. The highest BCUT2D eigenvalue weighted by atomic mass is 32.2. The van der Waals surface area contributed by atoms with Crippen LogP contribution in [0.4, 0.5) is 0 Å². The number of carboxylic acids is 4. The Balaban J connectivity index is 1.08. The number of carbonyl (C=O) groups is 4. The van der Waals surface area contributed by atoms with Crippen molar-refractivity contribution in [3.63, 3.8) is 0 Å². The second kappa shape index (κ2) is 47.8. The van der Waals surface area contributed by atoms with E-state index in [1.807, 2.05) is 13.8 Å². The quantitative estimate of drug-likeness (QED) is 0.0279. The Labute approximate surface area is 701 Å². The van der Waals surface area contributed by atoms with Crippen molar-refractivity contribution in [2.45, 2.75) is 299 Å². The largest absolute Gasteiger partial charge is 0.481 e. The molecule has 30 rings (SSSR count). The minimum absolute atomic E-state index is 0.0129. The van der Waals surface area contributed by atoms with Crippen LogP contribution in [0.2, 0.25) is 0 Å². The summed E-state index contributed by atoms with van der Waals surface area (Å²) in [5, 5.41) is 232. The molecule has 24 unspecified atom stereocenters. The van der Waals surface area contributed by atoms with Crippen LogP contribution in [0.5, 0.6) is 0 Å². The monoisotopic (exact) mass is 1820 g/mol. The summed E-state index contributed by atoms with van der Waals surface area (Å²) in [6, 6.07) is 0. The normalized spacial score (nSPS) is 44.7. The Kier molecular flexibility index (Phi) is 40.9. The van der Waals surface area contributed by atoms with E-state index in [4.69, 9.17) is 75.8 Å². The van der Waals surface area contributed by atoms with Gasteiger partial charge in [0.1, 0.15) is 146 Å². The van der Waals surface area contributed by atoms with Gasteiger partial charge in [0.15, 0.2) is 50.3 Å². The smallest absolute Gasteiger partial charge is 0.304 e. The first-order chi connectivity index (χ1) is 55.3. The number of rotatable bonds is 32. The Morgan fingerprint density at radius 2 is 0.319 bits per heavy atom. The fourth-order valence-electron chi connectivity index (χ4n) is 14.2. The van der Waals surface area contributed by atoms with Gasteiger partial charge in [0.05, 0.1) is 74.5 Å². The second-order valence-electron chi connectivity index (χ2n) is 28.5. The number of ether oxygens (including phenoxy) is 16. The van der Waals surface area contributed by atoms with E-state index in [0.29, 0.717) is 23.0 Å². The summed E-state index contributed by atoms with van der Waals surface area (Å²) in [6.45, 7) is 7.23. The minimum atomic E-state index is -2.24. The second-order valence-corrected chi connectivity index (χ2v) is 38.4. The average molecular weight is 1830 g/mol. The van der Waals surface area contributed by atoms with Crippen molar-refractivity contribution in [1.29, 1.82) is 0 Å². The van der Waals surface area contributed by atoms with Gasteiger partial charge in [-0.15, -0.1) is 0 Å². The maximum atomic E-state index is 12.2. The van der Waals surface area contributed by atoms with Crippen molar-refractivity contribution >= 4 is 118 Å². The van der Waals surface area contributed by atoms with Crippen molar-refractivity contribution in [2.24, 2.45) is 0 Å². The van der Waals surface area contributed by atoms with Crippen LogP contribution in [0.25, 0.3) is 0 Å². The van der Waals surface area contributed by atoms with Crippen molar-refractivity contribution in [2.75, 3.05) is 92.0 Å². The Morgan fingerprint density at radius 3 is 0.431 bits per heavy atom. The number of carboxylic acid groups (broad SMARTS) is 4. The van der Waals surface area contributed by atoms with Gasteiger partial charge in [0.2, 0.25) is 0 Å². The van der Waals surface area contributed by atoms with Crippen LogP contribution in [0, 0.1) is 0 Å². The molecule has 16 bridgehead atoms. The molecule has 0 aromatic rings. The molecule has 0 aromatic heterocycles. The Morgan fingerprint density at radius 1 is 0.198 bits per heavy atom. The molecule has 30 saturated heterocycles. The maximum Gasteiger partial charge on any atom is 0.304 e. The van der Waals surface area contributed by atoms with Crippen LogP contribution >= 0.6 is 94.1 Å². The van der Waals surface area contributed by atoms with Gasteiger partial charge in [0, 0.05) is 69.0 Å². The first kappa shape index (κ1) is 99.2. The number of hydrogen-bond donors (Lipinski definition) is 20. The van der Waals surface area contributed by atoms with E-state index in [1.165, 1.54) is 47.0 Å². The van der Waals surface area contributed by atoms with Crippen LogP contribution in [-0.2, 0) is 95.0 Å². The van der Waals surface area contributed by atoms with E-state index >= 15 is 0 Å². The summed E-state index contributed by atoms with van der Waals surface area (Å²) < 4.78 is 101. The highest BCUT2D eigenvalue weighted by Crippen LogP contribution is 2.43. The van der Waals surface area contributed by atoms with E-state index in [0.717, 1.165) is 47.0 Å². The third kappa shape index (κ3) is 25.9. The molecule has 30 fully saturated rings. The molecule has 40 nitrogen and oxygen atoms in total. The predicted octanol–water partition coefficient (Wildman–Crippen LogP) is -5.50. The molecule has 40 atom stereocenters. The maximum absolute atomic E-state index is 12.2. The van der Waals surface area contributed by atoms with Gasteiger partial charge in [-0.25, -0.2) is 0 Å². The number of hydrogen-bond acceptors (Lipinski definition) is 44. The first-order valence-electron chi connectivity index (χ1n) is 38.2. The summed E-state index contributed by atoms with van der Waals surface area (Å²) in [4.78, 5) is 47.0. The van der Waals surface area contributed by atoms with E-state index < -0.39 is 282 Å². The SMILES string of the molecule is CCSC[C@H]1OC2OC3[C@H](O)C(O)C(OC4[C@H](O)C(O)C(OC5[C@H](O)C(O)C(OC6[C@H](O)C(O)C(OC7[C@H](O)C(O)C(OC8[C@H](O)C(O)C(OC9[C@H](O)C(O)C(OC1[C@H](O)C2O)O[C@@H]9CSCC)O[C@@H]8CSCC)O[C@@H]7CSCCC(=O)O)O[C@@H]6CSCCC(=O)O)O[C@@H]5CSCCC(=O)O)O[C@@H]4CSCCC(=O)O)O[C@@H]3CSCC. The summed E-state index contributed by atoms with van der Waals surface area (Å²) in [6.07, 6.45) is -75.6. The lowest BCUT2D eigenvalue weighted by Gasteiger charge is -2.51. The third-order valence-electron chi connectivity index (χ3n) is 20.4. The lowest BCUT2D eigenvalue weighted by atomic mass is 9.95. The first-order valence-corrected chi connectivity index (χ1v) is 47.4. The van der Waals surface area contributed by atoms with Crippen LogP contribution in [0.1, 0.15) is 53.4 Å². The highest BCUT2D eigenvalue weighted by molar-refractivity contribution is 8.00. The minimum Gasteiger partial charge on any atom is -0.481 e. The zero-order valence-corrected chi connectivity index (χ0v) is 70.1. The molecule has 0 aliphatic carbocycles. The molecule has 0 saturated carbocycles. The van der Waals surface area contributed by atoms with Crippen molar-refractivity contribution in [3.8, 4) is 0 Å². The highest BCUT2D eigenvalue weighted by Gasteiger charge is 2.61. The molecule has 672 valence electrons. The van der Waals surface area contributed by atoms with Gasteiger partial charge >= 0.3 is 23.9 Å². The molecule has 30 aliphatic rings. The van der Waals surface area contributed by atoms with E-state index in [1.54, 1.807) is 13.8 Å². The fraction of sp³-hybridized carbons (Fsp3) is 0.941.